The molecule has 0 saturated heterocycles. The molecule has 1 aromatic heterocycles. The molecule has 2 N–H and O–H groups in total. The molecular weight excluding hydrogens is 460 g/mol. The normalized spacial score (nSPS) is 13.0. The number of amides is 2. The Morgan fingerprint density at radius 3 is 2.06 bits per heavy atom. The third-order valence-electron chi connectivity index (χ3n) is 5.82. The fourth-order valence-electron chi connectivity index (χ4n) is 4.22. The summed E-state index contributed by atoms with van der Waals surface area (Å²) in [5.41, 5.74) is 0.695. The van der Waals surface area contributed by atoms with E-state index in [1.165, 1.54) is 17.0 Å². The molecule has 4 aromatic rings. The van der Waals surface area contributed by atoms with E-state index in [1.807, 2.05) is 60.7 Å². The van der Waals surface area contributed by atoms with Crippen LogP contribution < -0.4 is 5.56 Å². The van der Waals surface area contributed by atoms with Gasteiger partial charge in [0.2, 0.25) is 5.88 Å². The molecule has 0 fully saturated rings. The van der Waals surface area contributed by atoms with E-state index < -0.39 is 29.3 Å². The number of rotatable bonds is 6. The second-order valence-corrected chi connectivity index (χ2v) is 8.01. The number of hydrogen-bond acceptors (Lipinski definition) is 7. The topological polar surface area (TPSA) is 132 Å². The van der Waals surface area contributed by atoms with E-state index >= 15 is 0 Å². The van der Waals surface area contributed by atoms with Gasteiger partial charge in [0.25, 0.3) is 17.4 Å². The first kappa shape index (κ1) is 22.6. The average Bonchev–Trinajstić information content (AvgIpc) is 3.15. The number of aldehydes is 1. The standard InChI is InChI=1S/C27H18N4O5/c32-15-18-14-21(33)28-25(34)23(18)30-29-20-13-7-12-19-22(20)27(36)31(26(19)35)24(16-8-3-1-4-9-16)17-10-5-2-6-11-17/h1-15,24H,(H2,28,33,34). The van der Waals surface area contributed by atoms with Crippen molar-refractivity contribution >= 4 is 29.5 Å². The van der Waals surface area contributed by atoms with Gasteiger partial charge in [0.1, 0.15) is 0 Å². The molecule has 1 aliphatic rings. The van der Waals surface area contributed by atoms with E-state index in [0.717, 1.165) is 17.2 Å². The zero-order chi connectivity index (χ0) is 25.2. The fraction of sp³-hybridized carbons (Fsp3) is 0.0370. The average molecular weight is 478 g/mol. The van der Waals surface area contributed by atoms with Crippen LogP contribution in [0.5, 0.6) is 5.88 Å². The molecule has 0 spiro atoms. The highest BCUT2D eigenvalue weighted by Gasteiger charge is 2.42. The van der Waals surface area contributed by atoms with E-state index in [4.69, 9.17) is 0 Å². The molecule has 176 valence electrons. The number of azo groups is 1. The minimum atomic E-state index is -0.682. The van der Waals surface area contributed by atoms with Crippen molar-refractivity contribution in [3.05, 3.63) is 123 Å². The highest BCUT2D eigenvalue weighted by Crippen LogP contribution is 2.39. The molecule has 1 aliphatic heterocycles. The van der Waals surface area contributed by atoms with Gasteiger partial charge in [-0.3, -0.25) is 29.1 Å². The second-order valence-electron chi connectivity index (χ2n) is 8.01. The van der Waals surface area contributed by atoms with Gasteiger partial charge in [-0.2, -0.15) is 0 Å². The first-order valence-corrected chi connectivity index (χ1v) is 10.9. The second kappa shape index (κ2) is 9.22. The van der Waals surface area contributed by atoms with E-state index in [1.54, 1.807) is 6.07 Å². The van der Waals surface area contributed by atoms with E-state index in [9.17, 15) is 24.3 Å². The van der Waals surface area contributed by atoms with Crippen LogP contribution in [-0.4, -0.2) is 33.1 Å². The third kappa shape index (κ3) is 3.88. The van der Waals surface area contributed by atoms with Crippen molar-refractivity contribution in [1.29, 1.82) is 0 Å². The van der Waals surface area contributed by atoms with Crippen LogP contribution in [0, 0.1) is 0 Å². The summed E-state index contributed by atoms with van der Waals surface area (Å²) in [7, 11) is 0. The Labute approximate surface area is 204 Å². The highest BCUT2D eigenvalue weighted by molar-refractivity contribution is 6.23. The van der Waals surface area contributed by atoms with Gasteiger partial charge in [-0.15, -0.1) is 10.2 Å². The minimum Gasteiger partial charge on any atom is -0.493 e. The third-order valence-corrected chi connectivity index (χ3v) is 5.82. The largest absolute Gasteiger partial charge is 0.493 e. The molecule has 0 aliphatic carbocycles. The van der Waals surface area contributed by atoms with Crippen LogP contribution in [0.25, 0.3) is 0 Å². The van der Waals surface area contributed by atoms with Gasteiger partial charge in [0.05, 0.1) is 28.4 Å². The summed E-state index contributed by atoms with van der Waals surface area (Å²) < 4.78 is 0. The molecule has 9 nitrogen and oxygen atoms in total. The number of carbonyl (C=O) groups is 3. The van der Waals surface area contributed by atoms with E-state index in [2.05, 4.69) is 15.2 Å². The Kier molecular flexibility index (Phi) is 5.79. The van der Waals surface area contributed by atoms with E-state index in [-0.39, 0.29) is 28.1 Å². The summed E-state index contributed by atoms with van der Waals surface area (Å²) in [6.07, 6.45) is 0.361. The molecule has 3 aromatic carbocycles. The Hall–Kier alpha value is -5.18. The number of nitrogens with one attached hydrogen (secondary N) is 1. The maximum Gasteiger partial charge on any atom is 0.264 e. The summed E-state index contributed by atoms with van der Waals surface area (Å²) in [4.78, 5) is 53.4. The highest BCUT2D eigenvalue weighted by atomic mass is 16.3. The first-order chi connectivity index (χ1) is 17.5. The summed E-state index contributed by atoms with van der Waals surface area (Å²) in [6.45, 7) is 0. The number of aromatic amines is 1. The quantitative estimate of drug-likeness (QED) is 0.236. The van der Waals surface area contributed by atoms with Crippen molar-refractivity contribution in [3.8, 4) is 5.88 Å². The number of H-pyrrole nitrogens is 1. The number of fused-ring (bicyclic) bond motifs is 1. The Morgan fingerprint density at radius 2 is 1.44 bits per heavy atom. The van der Waals surface area contributed by atoms with Gasteiger partial charge >= 0.3 is 0 Å². The van der Waals surface area contributed by atoms with Crippen LogP contribution in [0.3, 0.4) is 0 Å². The summed E-state index contributed by atoms with van der Waals surface area (Å²) in [5.74, 6) is -1.67. The minimum absolute atomic E-state index is 0.0553. The Bertz CT molecular complexity index is 1540. The maximum atomic E-state index is 13.7. The molecule has 5 rings (SSSR count). The number of pyridine rings is 1. The van der Waals surface area contributed by atoms with Gasteiger partial charge in [-0.25, -0.2) is 0 Å². The lowest BCUT2D eigenvalue weighted by Gasteiger charge is -2.27. The summed E-state index contributed by atoms with van der Waals surface area (Å²) >= 11 is 0. The zero-order valence-electron chi connectivity index (χ0n) is 18.7. The van der Waals surface area contributed by atoms with Crippen molar-refractivity contribution < 1.29 is 19.5 Å². The summed E-state index contributed by atoms with van der Waals surface area (Å²) in [5, 5.41) is 18.0. The number of imide groups is 1. The smallest absolute Gasteiger partial charge is 0.264 e. The van der Waals surface area contributed by atoms with Crippen molar-refractivity contribution in [1.82, 2.24) is 9.88 Å². The molecule has 0 bridgehead atoms. The molecule has 2 amide bonds. The van der Waals surface area contributed by atoms with Gasteiger partial charge in [0, 0.05) is 6.07 Å². The number of aromatic nitrogens is 1. The van der Waals surface area contributed by atoms with Crippen LogP contribution in [-0.2, 0) is 0 Å². The molecule has 0 unspecified atom stereocenters. The predicted molar refractivity (Wildman–Crippen MR) is 130 cm³/mol. The first-order valence-electron chi connectivity index (χ1n) is 10.9. The van der Waals surface area contributed by atoms with Gasteiger partial charge < -0.3 is 5.11 Å². The lowest BCUT2D eigenvalue weighted by molar-refractivity contribution is 0.0608. The molecule has 36 heavy (non-hydrogen) atoms. The molecule has 2 heterocycles. The van der Waals surface area contributed by atoms with Crippen molar-refractivity contribution in [2.24, 2.45) is 10.2 Å². The number of hydrogen-bond donors (Lipinski definition) is 2. The number of aromatic hydroxyl groups is 1. The molecule has 0 atom stereocenters. The lowest BCUT2D eigenvalue weighted by atomic mass is 9.97. The van der Waals surface area contributed by atoms with Crippen molar-refractivity contribution in [2.75, 3.05) is 0 Å². The fourth-order valence-corrected chi connectivity index (χ4v) is 4.22. The van der Waals surface area contributed by atoms with Gasteiger partial charge in [0.15, 0.2) is 12.0 Å². The predicted octanol–water partition coefficient (Wildman–Crippen LogP) is 4.69. The van der Waals surface area contributed by atoms with Gasteiger partial charge in [-0.1, -0.05) is 66.7 Å². The molecule has 9 heteroatoms. The molecular formula is C27H18N4O5. The van der Waals surface area contributed by atoms with Crippen molar-refractivity contribution in [3.63, 3.8) is 0 Å². The van der Waals surface area contributed by atoms with Crippen LogP contribution in [0.4, 0.5) is 11.4 Å². The maximum absolute atomic E-state index is 13.7. The van der Waals surface area contributed by atoms with Crippen LogP contribution in [0.2, 0.25) is 0 Å². The molecule has 0 saturated carbocycles. The summed E-state index contributed by atoms with van der Waals surface area (Å²) in [6, 6.07) is 23.4. The zero-order valence-corrected chi connectivity index (χ0v) is 18.7. The number of nitrogens with zero attached hydrogens (tertiary/aromatic N) is 3. The van der Waals surface area contributed by atoms with Crippen LogP contribution >= 0.6 is 0 Å². The molecule has 0 radical (unpaired) electrons. The van der Waals surface area contributed by atoms with Crippen LogP contribution in [0.1, 0.15) is 48.2 Å². The Morgan fingerprint density at radius 1 is 0.806 bits per heavy atom. The monoisotopic (exact) mass is 478 g/mol. The SMILES string of the molecule is O=Cc1cc(=O)[nH]c(O)c1N=Nc1cccc2c1C(=O)N(C(c1ccccc1)c1ccccc1)C2=O. The van der Waals surface area contributed by atoms with Crippen LogP contribution in [0.15, 0.2) is 100.0 Å². The number of benzene rings is 3. The van der Waals surface area contributed by atoms with E-state index in [0.29, 0.717) is 6.29 Å². The lowest BCUT2D eigenvalue weighted by Crippen LogP contribution is -2.34. The number of carbonyl (C=O) groups excluding carboxylic acids is 3. The van der Waals surface area contributed by atoms with Crippen molar-refractivity contribution in [2.45, 2.75) is 6.04 Å². The Balaban J connectivity index is 1.60. The van der Waals surface area contributed by atoms with Gasteiger partial charge in [-0.05, 0) is 23.3 Å².